The van der Waals surface area contributed by atoms with Crippen LogP contribution in [0.15, 0.2) is 36.4 Å². The van der Waals surface area contributed by atoms with Crippen LogP contribution >= 0.6 is 35.0 Å². The predicted octanol–water partition coefficient (Wildman–Crippen LogP) is 5.27. The minimum absolute atomic E-state index is 0.0474. The summed E-state index contributed by atoms with van der Waals surface area (Å²) in [4.78, 5) is 12.0. The number of methoxy groups -OCH3 is 2. The predicted molar refractivity (Wildman–Crippen MR) is 105 cm³/mol. The molecule has 0 atom stereocenters. The van der Waals surface area contributed by atoms with Crippen LogP contribution in [0, 0.1) is 0 Å². The van der Waals surface area contributed by atoms with Gasteiger partial charge in [-0.15, -0.1) is 0 Å². The molecule has 134 valence electrons. The van der Waals surface area contributed by atoms with Crippen molar-refractivity contribution in [3.05, 3.63) is 52.0 Å². The molecule has 0 heterocycles. The van der Waals surface area contributed by atoms with Crippen molar-refractivity contribution in [1.29, 1.82) is 0 Å². The lowest BCUT2D eigenvalue weighted by molar-refractivity contribution is -0.115. The van der Waals surface area contributed by atoms with Gasteiger partial charge in [0.2, 0.25) is 5.91 Å². The molecule has 2 aromatic rings. The van der Waals surface area contributed by atoms with Gasteiger partial charge in [0.25, 0.3) is 0 Å². The lowest BCUT2D eigenvalue weighted by Gasteiger charge is -2.10. The van der Waals surface area contributed by atoms with Gasteiger partial charge in [-0.25, -0.2) is 0 Å². The van der Waals surface area contributed by atoms with E-state index in [0.717, 1.165) is 11.3 Å². The number of hydrogen-bond donors (Lipinski definition) is 1. The first-order valence-corrected chi connectivity index (χ1v) is 9.48. The van der Waals surface area contributed by atoms with Gasteiger partial charge < -0.3 is 14.8 Å². The van der Waals surface area contributed by atoms with Crippen LogP contribution in [-0.2, 0) is 10.5 Å². The number of thioether (sulfide) groups is 1. The molecule has 0 fully saturated rings. The Kier molecular flexibility index (Phi) is 7.75. The van der Waals surface area contributed by atoms with Crippen molar-refractivity contribution in [2.24, 2.45) is 0 Å². The van der Waals surface area contributed by atoms with Crippen molar-refractivity contribution >= 4 is 46.6 Å². The first kappa shape index (κ1) is 19.8. The van der Waals surface area contributed by atoms with Crippen LogP contribution in [-0.4, -0.2) is 25.9 Å². The van der Waals surface area contributed by atoms with Gasteiger partial charge in [0.15, 0.2) is 11.5 Å². The van der Waals surface area contributed by atoms with E-state index in [0.29, 0.717) is 39.4 Å². The van der Waals surface area contributed by atoms with E-state index < -0.39 is 0 Å². The topological polar surface area (TPSA) is 47.6 Å². The maximum Gasteiger partial charge on any atom is 0.225 e. The fourth-order valence-corrected chi connectivity index (χ4v) is 3.33. The molecular formula is C18H19Cl2NO3S. The summed E-state index contributed by atoms with van der Waals surface area (Å²) < 4.78 is 10.4. The molecule has 0 aliphatic carbocycles. The maximum atomic E-state index is 12.0. The Morgan fingerprint density at radius 1 is 1.04 bits per heavy atom. The van der Waals surface area contributed by atoms with Crippen LogP contribution in [0.5, 0.6) is 11.5 Å². The Morgan fingerprint density at radius 2 is 1.80 bits per heavy atom. The van der Waals surface area contributed by atoms with E-state index in [1.807, 2.05) is 12.1 Å². The van der Waals surface area contributed by atoms with Crippen molar-refractivity contribution in [3.8, 4) is 11.5 Å². The van der Waals surface area contributed by atoms with E-state index in [4.69, 9.17) is 32.7 Å². The molecule has 0 saturated heterocycles. The number of carbonyl (C=O) groups is 1. The molecular weight excluding hydrogens is 381 g/mol. The van der Waals surface area contributed by atoms with E-state index in [-0.39, 0.29) is 5.91 Å². The zero-order valence-corrected chi connectivity index (χ0v) is 16.3. The van der Waals surface area contributed by atoms with Gasteiger partial charge in [-0.3, -0.25) is 4.79 Å². The highest BCUT2D eigenvalue weighted by Gasteiger charge is 2.08. The zero-order chi connectivity index (χ0) is 18.2. The van der Waals surface area contributed by atoms with Crippen LogP contribution in [0.4, 0.5) is 5.69 Å². The summed E-state index contributed by atoms with van der Waals surface area (Å²) in [5.74, 6) is 2.64. The average Bonchev–Trinajstić information content (AvgIpc) is 2.61. The molecule has 0 aliphatic heterocycles. The molecule has 0 saturated carbocycles. The van der Waals surface area contributed by atoms with Crippen LogP contribution in [0.3, 0.4) is 0 Å². The number of carbonyl (C=O) groups excluding carboxylic acids is 1. The quantitative estimate of drug-likeness (QED) is 0.613. The Bertz CT molecular complexity index is 740. The number of halogens is 2. The summed E-state index contributed by atoms with van der Waals surface area (Å²) in [6, 6.07) is 10.8. The summed E-state index contributed by atoms with van der Waals surface area (Å²) in [6.45, 7) is 0. The standard InChI is InChI=1S/C18H19Cl2NO3S/c1-23-16-6-4-13(10-17(16)24-2)21-18(22)7-8-25-11-12-3-5-14(19)15(20)9-12/h3-6,9-10H,7-8,11H2,1-2H3,(H,21,22). The lowest BCUT2D eigenvalue weighted by Crippen LogP contribution is -2.12. The van der Waals surface area contributed by atoms with Crippen LogP contribution in [0.1, 0.15) is 12.0 Å². The monoisotopic (exact) mass is 399 g/mol. The number of benzene rings is 2. The third-order valence-electron chi connectivity index (χ3n) is 3.39. The van der Waals surface area contributed by atoms with Gasteiger partial charge in [0.1, 0.15) is 0 Å². The highest BCUT2D eigenvalue weighted by molar-refractivity contribution is 7.98. The molecule has 0 aromatic heterocycles. The van der Waals surface area contributed by atoms with Gasteiger partial charge in [-0.2, -0.15) is 11.8 Å². The third kappa shape index (κ3) is 6.03. The number of nitrogens with one attached hydrogen (secondary N) is 1. The largest absolute Gasteiger partial charge is 0.493 e. The summed E-state index contributed by atoms with van der Waals surface area (Å²) in [7, 11) is 3.13. The molecule has 0 radical (unpaired) electrons. The van der Waals surface area contributed by atoms with Crippen molar-refractivity contribution in [2.45, 2.75) is 12.2 Å². The summed E-state index contributed by atoms with van der Waals surface area (Å²) >= 11 is 13.5. The van der Waals surface area contributed by atoms with Crippen molar-refractivity contribution in [2.75, 3.05) is 25.3 Å². The molecule has 7 heteroatoms. The number of hydrogen-bond acceptors (Lipinski definition) is 4. The third-order valence-corrected chi connectivity index (χ3v) is 5.16. The smallest absolute Gasteiger partial charge is 0.225 e. The summed E-state index contributed by atoms with van der Waals surface area (Å²) in [5, 5.41) is 3.95. The fraction of sp³-hybridized carbons (Fsp3) is 0.278. The second kappa shape index (κ2) is 9.80. The Labute approximate surface area is 161 Å². The molecule has 25 heavy (non-hydrogen) atoms. The molecule has 1 amide bonds. The Balaban J connectivity index is 1.78. The van der Waals surface area contributed by atoms with E-state index in [1.165, 1.54) is 0 Å². The van der Waals surface area contributed by atoms with Gasteiger partial charge in [-0.1, -0.05) is 29.3 Å². The van der Waals surface area contributed by atoms with E-state index in [2.05, 4.69) is 5.32 Å². The lowest BCUT2D eigenvalue weighted by atomic mass is 10.2. The zero-order valence-electron chi connectivity index (χ0n) is 14.0. The highest BCUT2D eigenvalue weighted by atomic mass is 35.5. The molecule has 2 aromatic carbocycles. The first-order valence-electron chi connectivity index (χ1n) is 7.57. The Hall–Kier alpha value is -1.56. The van der Waals surface area contributed by atoms with Gasteiger partial charge in [0, 0.05) is 29.7 Å². The van der Waals surface area contributed by atoms with Crippen LogP contribution in [0.2, 0.25) is 10.0 Å². The molecule has 2 rings (SSSR count). The van der Waals surface area contributed by atoms with E-state index >= 15 is 0 Å². The first-order chi connectivity index (χ1) is 12.0. The average molecular weight is 400 g/mol. The van der Waals surface area contributed by atoms with Gasteiger partial charge in [-0.05, 0) is 29.8 Å². The van der Waals surface area contributed by atoms with Gasteiger partial charge >= 0.3 is 0 Å². The second-order valence-electron chi connectivity index (χ2n) is 5.17. The minimum Gasteiger partial charge on any atom is -0.493 e. The molecule has 4 nitrogen and oxygen atoms in total. The number of rotatable bonds is 8. The maximum absolute atomic E-state index is 12.0. The molecule has 0 unspecified atom stereocenters. The summed E-state index contributed by atoms with van der Waals surface area (Å²) in [5.41, 5.74) is 1.76. The van der Waals surface area contributed by atoms with Crippen LogP contribution < -0.4 is 14.8 Å². The molecule has 0 spiro atoms. The highest BCUT2D eigenvalue weighted by Crippen LogP contribution is 2.30. The SMILES string of the molecule is COc1ccc(NC(=O)CCSCc2ccc(Cl)c(Cl)c2)cc1OC. The molecule has 1 N–H and O–H groups in total. The number of amides is 1. The molecule has 0 aliphatic rings. The Morgan fingerprint density at radius 3 is 2.48 bits per heavy atom. The number of anilines is 1. The van der Waals surface area contributed by atoms with E-state index in [9.17, 15) is 4.79 Å². The summed E-state index contributed by atoms with van der Waals surface area (Å²) in [6.07, 6.45) is 0.417. The van der Waals surface area contributed by atoms with Crippen LogP contribution in [0.25, 0.3) is 0 Å². The van der Waals surface area contributed by atoms with Crippen molar-refractivity contribution < 1.29 is 14.3 Å². The molecule has 0 bridgehead atoms. The van der Waals surface area contributed by atoms with E-state index in [1.54, 1.807) is 50.2 Å². The van der Waals surface area contributed by atoms with Crippen molar-refractivity contribution in [1.82, 2.24) is 0 Å². The minimum atomic E-state index is -0.0474. The normalized spacial score (nSPS) is 10.4. The van der Waals surface area contributed by atoms with Gasteiger partial charge in [0.05, 0.1) is 24.3 Å². The number of ether oxygens (including phenoxy) is 2. The second-order valence-corrected chi connectivity index (χ2v) is 7.09. The fourth-order valence-electron chi connectivity index (χ4n) is 2.12. The van der Waals surface area contributed by atoms with Crippen molar-refractivity contribution in [3.63, 3.8) is 0 Å².